The molecular formula is C32H37FN8O. The molecule has 9 nitrogen and oxygen atoms in total. The molecule has 4 aromatic heterocycles. The number of aryl methyl sites for hydroxylation is 2. The van der Waals surface area contributed by atoms with Crippen molar-refractivity contribution in [2.45, 2.75) is 32.2 Å². The standard InChI is InChI=1S/C32H37FN8O/c1-21-31(39(3)37-36-21)23-19-28-30(34-20-23)25-8-9-29(40-14-12-38(2)13-15-40)35-32(25)41(28)27(18-22-10-16-42-17-11-22)24-6-4-5-7-26(24)33/h4-9,19-20,22,27H,10-18H2,1-3H3. The molecule has 0 spiro atoms. The summed E-state index contributed by atoms with van der Waals surface area (Å²) in [5, 5.41) is 9.48. The van der Waals surface area contributed by atoms with E-state index >= 15 is 4.39 Å². The highest BCUT2D eigenvalue weighted by atomic mass is 19.1. The molecule has 5 aromatic rings. The van der Waals surface area contributed by atoms with Crippen LogP contribution in [0.3, 0.4) is 0 Å². The zero-order chi connectivity index (χ0) is 28.8. The molecule has 0 saturated carbocycles. The van der Waals surface area contributed by atoms with Crippen molar-refractivity contribution in [3.8, 4) is 11.3 Å². The van der Waals surface area contributed by atoms with Crippen molar-refractivity contribution in [2.24, 2.45) is 13.0 Å². The van der Waals surface area contributed by atoms with Gasteiger partial charge in [0.2, 0.25) is 0 Å². The van der Waals surface area contributed by atoms with Gasteiger partial charge in [-0.15, -0.1) is 5.10 Å². The van der Waals surface area contributed by atoms with Crippen LogP contribution in [0.5, 0.6) is 0 Å². The van der Waals surface area contributed by atoms with Crippen LogP contribution in [0.15, 0.2) is 48.7 Å². The molecule has 0 bridgehead atoms. The Morgan fingerprint density at radius 3 is 2.55 bits per heavy atom. The number of likely N-dealkylation sites (N-methyl/N-ethyl adjacent to an activating group) is 1. The van der Waals surface area contributed by atoms with Crippen LogP contribution < -0.4 is 4.90 Å². The molecule has 0 amide bonds. The van der Waals surface area contributed by atoms with Crippen molar-refractivity contribution in [3.63, 3.8) is 0 Å². The van der Waals surface area contributed by atoms with Crippen molar-refractivity contribution in [1.29, 1.82) is 0 Å². The highest BCUT2D eigenvalue weighted by Gasteiger charge is 2.29. The lowest BCUT2D eigenvalue weighted by molar-refractivity contribution is 0.0608. The number of aromatic nitrogens is 6. The number of pyridine rings is 2. The Balaban J connectivity index is 1.47. The van der Waals surface area contributed by atoms with E-state index < -0.39 is 0 Å². The van der Waals surface area contributed by atoms with Gasteiger partial charge in [0.05, 0.1) is 28.5 Å². The number of rotatable bonds is 6. The molecule has 1 aromatic carbocycles. The van der Waals surface area contributed by atoms with Gasteiger partial charge in [0.25, 0.3) is 0 Å². The fourth-order valence-electron chi connectivity index (χ4n) is 6.69. The van der Waals surface area contributed by atoms with Crippen molar-refractivity contribution >= 4 is 27.9 Å². The Hall–Kier alpha value is -3.89. The third-order valence-corrected chi connectivity index (χ3v) is 9.04. The topological polar surface area (TPSA) is 77.1 Å². The first-order valence-corrected chi connectivity index (χ1v) is 14.9. The molecule has 218 valence electrons. The van der Waals surface area contributed by atoms with Crippen LogP contribution in [0.1, 0.15) is 36.6 Å². The van der Waals surface area contributed by atoms with Gasteiger partial charge in [-0.1, -0.05) is 23.4 Å². The zero-order valence-electron chi connectivity index (χ0n) is 24.5. The molecule has 2 fully saturated rings. The molecule has 0 radical (unpaired) electrons. The van der Waals surface area contributed by atoms with E-state index in [1.54, 1.807) is 16.8 Å². The van der Waals surface area contributed by atoms with Crippen LogP contribution in [0, 0.1) is 18.7 Å². The fraction of sp³-hybridized carbons (Fsp3) is 0.438. The Bertz CT molecular complexity index is 1710. The lowest BCUT2D eigenvalue weighted by atomic mass is 9.89. The zero-order valence-corrected chi connectivity index (χ0v) is 24.5. The summed E-state index contributed by atoms with van der Waals surface area (Å²) in [5.41, 5.74) is 6.00. The molecule has 0 aliphatic carbocycles. The first-order valence-electron chi connectivity index (χ1n) is 14.9. The number of fused-ring (bicyclic) bond motifs is 3. The quantitative estimate of drug-likeness (QED) is 0.286. The molecule has 0 N–H and O–H groups in total. The van der Waals surface area contributed by atoms with Crippen molar-refractivity contribution in [2.75, 3.05) is 51.3 Å². The van der Waals surface area contributed by atoms with E-state index in [1.807, 2.05) is 32.3 Å². The van der Waals surface area contributed by atoms with Crippen LogP contribution in [0.4, 0.5) is 10.2 Å². The molecule has 1 atom stereocenters. The highest BCUT2D eigenvalue weighted by Crippen LogP contribution is 2.40. The van der Waals surface area contributed by atoms with Gasteiger partial charge in [-0.2, -0.15) is 0 Å². The van der Waals surface area contributed by atoms with Crippen LogP contribution in [-0.4, -0.2) is 80.9 Å². The molecule has 1 unspecified atom stereocenters. The van der Waals surface area contributed by atoms with Crippen LogP contribution in [-0.2, 0) is 11.8 Å². The summed E-state index contributed by atoms with van der Waals surface area (Å²) in [4.78, 5) is 15.0. The van der Waals surface area contributed by atoms with Crippen LogP contribution in [0.2, 0.25) is 0 Å². The van der Waals surface area contributed by atoms with Gasteiger partial charge in [-0.05, 0) is 63.4 Å². The van der Waals surface area contributed by atoms with Crippen molar-refractivity contribution < 1.29 is 9.13 Å². The van der Waals surface area contributed by atoms with Crippen molar-refractivity contribution in [1.82, 2.24) is 34.4 Å². The smallest absolute Gasteiger partial charge is 0.145 e. The molecule has 42 heavy (non-hydrogen) atoms. The number of piperazine rings is 1. The molecule has 2 aliphatic rings. The van der Waals surface area contributed by atoms with E-state index in [2.05, 4.69) is 49.9 Å². The molecule has 7 rings (SSSR count). The summed E-state index contributed by atoms with van der Waals surface area (Å²) in [7, 11) is 4.05. The number of hydrogen-bond donors (Lipinski definition) is 0. The third kappa shape index (κ3) is 4.82. The second-order valence-corrected chi connectivity index (χ2v) is 11.8. The fourth-order valence-corrected chi connectivity index (χ4v) is 6.69. The first kappa shape index (κ1) is 27.0. The number of benzene rings is 1. The maximum Gasteiger partial charge on any atom is 0.145 e. The van der Waals surface area contributed by atoms with E-state index in [0.29, 0.717) is 11.5 Å². The monoisotopic (exact) mass is 568 g/mol. The average Bonchev–Trinajstić information content (AvgIpc) is 3.52. The van der Waals surface area contributed by atoms with E-state index in [4.69, 9.17) is 14.7 Å². The number of ether oxygens (including phenoxy) is 1. The molecule has 2 saturated heterocycles. The van der Waals surface area contributed by atoms with Gasteiger partial charge in [0.1, 0.15) is 17.3 Å². The van der Waals surface area contributed by atoms with Gasteiger partial charge >= 0.3 is 0 Å². The Morgan fingerprint density at radius 2 is 1.81 bits per heavy atom. The minimum Gasteiger partial charge on any atom is -0.381 e. The SMILES string of the molecule is Cc1nnn(C)c1-c1cnc2c3ccc(N4CCN(C)CC4)nc3n(C(CC3CCOCC3)c3ccccc3F)c2c1. The molecule has 2 aliphatic heterocycles. The average molecular weight is 569 g/mol. The van der Waals surface area contributed by atoms with Gasteiger partial charge in [0, 0.05) is 69.2 Å². The lowest BCUT2D eigenvalue weighted by Crippen LogP contribution is -2.44. The summed E-state index contributed by atoms with van der Waals surface area (Å²) < 4.78 is 25.4. The number of anilines is 1. The van der Waals surface area contributed by atoms with Gasteiger partial charge in [-0.25, -0.2) is 14.1 Å². The molecule has 10 heteroatoms. The van der Waals surface area contributed by atoms with E-state index in [0.717, 1.165) is 103 Å². The summed E-state index contributed by atoms with van der Waals surface area (Å²) in [6.07, 6.45) is 4.61. The van der Waals surface area contributed by atoms with E-state index in [9.17, 15) is 0 Å². The Kier molecular flexibility index (Phi) is 7.11. The number of hydrogen-bond acceptors (Lipinski definition) is 7. The number of halogens is 1. The molecule has 6 heterocycles. The second kappa shape index (κ2) is 11.1. The first-order chi connectivity index (χ1) is 20.5. The number of nitrogens with zero attached hydrogens (tertiary/aromatic N) is 8. The van der Waals surface area contributed by atoms with Crippen molar-refractivity contribution in [3.05, 3.63) is 65.7 Å². The Morgan fingerprint density at radius 1 is 1.02 bits per heavy atom. The van der Waals surface area contributed by atoms with E-state index in [1.165, 1.54) is 0 Å². The summed E-state index contributed by atoms with van der Waals surface area (Å²) in [6.45, 7) is 7.27. The maximum atomic E-state index is 15.7. The second-order valence-electron chi connectivity index (χ2n) is 11.8. The summed E-state index contributed by atoms with van der Waals surface area (Å²) in [5.74, 6) is 1.16. The minimum absolute atomic E-state index is 0.199. The van der Waals surface area contributed by atoms with Gasteiger partial charge < -0.3 is 19.1 Å². The highest BCUT2D eigenvalue weighted by molar-refractivity contribution is 6.05. The van der Waals surface area contributed by atoms with Gasteiger partial charge in [-0.3, -0.25) is 4.98 Å². The normalized spacial score (nSPS) is 17.9. The van der Waals surface area contributed by atoms with Crippen LogP contribution in [0.25, 0.3) is 33.3 Å². The predicted octanol–water partition coefficient (Wildman–Crippen LogP) is 4.99. The Labute approximate surface area is 244 Å². The van der Waals surface area contributed by atoms with E-state index in [-0.39, 0.29) is 11.9 Å². The largest absolute Gasteiger partial charge is 0.381 e. The summed E-state index contributed by atoms with van der Waals surface area (Å²) in [6, 6.07) is 13.3. The van der Waals surface area contributed by atoms with Crippen LogP contribution >= 0.6 is 0 Å². The maximum absolute atomic E-state index is 15.7. The third-order valence-electron chi connectivity index (χ3n) is 9.04. The molecular weight excluding hydrogens is 531 g/mol. The minimum atomic E-state index is -0.257. The predicted molar refractivity (Wildman–Crippen MR) is 162 cm³/mol. The lowest BCUT2D eigenvalue weighted by Gasteiger charge is -2.33. The van der Waals surface area contributed by atoms with Gasteiger partial charge in [0.15, 0.2) is 0 Å². The summed E-state index contributed by atoms with van der Waals surface area (Å²) >= 11 is 0.